The average molecular weight is 462 g/mol. The zero-order valence-electron chi connectivity index (χ0n) is 20.0. The Hall–Kier alpha value is -2.70. The Kier molecular flexibility index (Phi) is 6.70. The highest BCUT2D eigenvalue weighted by Gasteiger charge is 2.43. The van der Waals surface area contributed by atoms with E-state index in [1.165, 1.54) is 11.1 Å². The second-order valence-electron chi connectivity index (χ2n) is 10.2. The molecule has 3 aliphatic rings. The molecule has 2 aromatic rings. The van der Waals surface area contributed by atoms with Crippen molar-refractivity contribution < 1.29 is 14.3 Å². The molecule has 34 heavy (non-hydrogen) atoms. The van der Waals surface area contributed by atoms with Crippen molar-refractivity contribution in [1.82, 2.24) is 15.5 Å². The van der Waals surface area contributed by atoms with Gasteiger partial charge in [-0.2, -0.15) is 0 Å². The number of methoxy groups -OCH3 is 1. The van der Waals surface area contributed by atoms with Crippen LogP contribution in [-0.4, -0.2) is 62.1 Å². The van der Waals surface area contributed by atoms with Crippen LogP contribution in [0.25, 0.3) is 0 Å². The largest absolute Gasteiger partial charge is 0.381 e. The first-order valence-corrected chi connectivity index (χ1v) is 12.6. The van der Waals surface area contributed by atoms with Crippen LogP contribution in [0.4, 0.5) is 0 Å². The summed E-state index contributed by atoms with van der Waals surface area (Å²) in [7, 11) is 1.72. The van der Waals surface area contributed by atoms with E-state index in [0.717, 1.165) is 45.1 Å². The highest BCUT2D eigenvalue weighted by atomic mass is 16.5. The third-order valence-corrected chi connectivity index (χ3v) is 7.85. The number of carbonyl (C=O) groups excluding carboxylic acids is 2. The molecule has 0 bridgehead atoms. The fourth-order valence-electron chi connectivity index (χ4n) is 5.27. The standard InChI is InChI=1S/C28H35N3O3/c1-34-25-10-14-31(15-11-25)27(33)21-8-6-20(7-9-21)26(32)30-19-28(12-13-28)18-29-24-16-22-4-2-3-5-23(22)17-24/h2-9,24-25,29H,10-19H2,1H3,(H,30,32). The van der Waals surface area contributed by atoms with E-state index in [2.05, 4.69) is 34.9 Å². The molecule has 2 aromatic carbocycles. The zero-order chi connectivity index (χ0) is 23.5. The van der Waals surface area contributed by atoms with Crippen LogP contribution in [0.3, 0.4) is 0 Å². The molecular formula is C28H35N3O3. The van der Waals surface area contributed by atoms with Gasteiger partial charge in [0.25, 0.3) is 11.8 Å². The van der Waals surface area contributed by atoms with Gasteiger partial charge in [0.1, 0.15) is 0 Å². The Balaban J connectivity index is 1.08. The third-order valence-electron chi connectivity index (χ3n) is 7.85. The van der Waals surface area contributed by atoms with Gasteiger partial charge in [-0.25, -0.2) is 0 Å². The molecule has 0 radical (unpaired) electrons. The Morgan fingerprint density at radius 2 is 1.56 bits per heavy atom. The molecule has 180 valence electrons. The van der Waals surface area contributed by atoms with Crippen molar-refractivity contribution >= 4 is 11.8 Å². The Morgan fingerprint density at radius 1 is 0.941 bits per heavy atom. The van der Waals surface area contributed by atoms with Gasteiger partial charge in [-0.3, -0.25) is 9.59 Å². The van der Waals surface area contributed by atoms with Crippen molar-refractivity contribution in [3.8, 4) is 0 Å². The topological polar surface area (TPSA) is 70.7 Å². The van der Waals surface area contributed by atoms with Gasteiger partial charge in [-0.1, -0.05) is 24.3 Å². The Labute approximate surface area is 202 Å². The first-order chi connectivity index (χ1) is 16.5. The molecule has 1 saturated carbocycles. The Bertz CT molecular complexity index is 998. The number of fused-ring (bicyclic) bond motifs is 1. The van der Waals surface area contributed by atoms with E-state index >= 15 is 0 Å². The first-order valence-electron chi connectivity index (χ1n) is 12.6. The Morgan fingerprint density at radius 3 is 2.15 bits per heavy atom. The second-order valence-corrected chi connectivity index (χ2v) is 10.2. The molecule has 2 aliphatic carbocycles. The molecule has 2 fully saturated rings. The van der Waals surface area contributed by atoms with E-state index in [4.69, 9.17) is 4.74 Å². The van der Waals surface area contributed by atoms with Crippen LogP contribution in [-0.2, 0) is 17.6 Å². The number of nitrogens with zero attached hydrogens (tertiary/aromatic N) is 1. The molecule has 1 heterocycles. The average Bonchev–Trinajstić information content (AvgIpc) is 3.54. The number of benzene rings is 2. The van der Waals surface area contributed by atoms with Crippen molar-refractivity contribution in [2.75, 3.05) is 33.3 Å². The van der Waals surface area contributed by atoms with Gasteiger partial charge >= 0.3 is 0 Å². The number of nitrogens with one attached hydrogen (secondary N) is 2. The minimum atomic E-state index is -0.0699. The minimum absolute atomic E-state index is 0.0265. The van der Waals surface area contributed by atoms with E-state index in [1.54, 1.807) is 31.4 Å². The van der Waals surface area contributed by atoms with E-state index in [-0.39, 0.29) is 23.3 Å². The maximum Gasteiger partial charge on any atom is 0.253 e. The maximum atomic E-state index is 12.8. The van der Waals surface area contributed by atoms with Gasteiger partial charge in [0.2, 0.25) is 0 Å². The van der Waals surface area contributed by atoms with E-state index in [0.29, 0.717) is 36.8 Å². The predicted octanol–water partition coefficient (Wildman–Crippen LogP) is 3.20. The summed E-state index contributed by atoms with van der Waals surface area (Å²) in [6, 6.07) is 16.3. The van der Waals surface area contributed by atoms with Crippen molar-refractivity contribution in [1.29, 1.82) is 0 Å². The van der Waals surface area contributed by atoms with Crippen molar-refractivity contribution in [3.63, 3.8) is 0 Å². The van der Waals surface area contributed by atoms with Crippen LogP contribution in [0.5, 0.6) is 0 Å². The van der Waals surface area contributed by atoms with E-state index < -0.39 is 0 Å². The van der Waals surface area contributed by atoms with Crippen LogP contribution in [0.2, 0.25) is 0 Å². The number of rotatable bonds is 8. The lowest BCUT2D eigenvalue weighted by Crippen LogP contribution is -2.40. The summed E-state index contributed by atoms with van der Waals surface area (Å²) in [6.07, 6.45) is 6.46. The lowest BCUT2D eigenvalue weighted by molar-refractivity contribution is 0.0350. The summed E-state index contributed by atoms with van der Waals surface area (Å²) in [5.41, 5.74) is 4.32. The molecule has 1 saturated heterocycles. The van der Waals surface area contributed by atoms with Gasteiger partial charge < -0.3 is 20.3 Å². The van der Waals surface area contributed by atoms with Gasteiger partial charge in [0.05, 0.1) is 6.10 Å². The molecular weight excluding hydrogens is 426 g/mol. The first kappa shape index (κ1) is 23.1. The second kappa shape index (κ2) is 9.88. The van der Waals surface area contributed by atoms with Crippen molar-refractivity contribution in [2.24, 2.45) is 5.41 Å². The normalized spacial score (nSPS) is 19.6. The summed E-state index contributed by atoms with van der Waals surface area (Å²) in [5, 5.41) is 6.88. The number of amides is 2. The van der Waals surface area contributed by atoms with Crippen molar-refractivity contribution in [3.05, 3.63) is 70.8 Å². The minimum Gasteiger partial charge on any atom is -0.381 e. The molecule has 0 atom stereocenters. The quantitative estimate of drug-likeness (QED) is 0.633. The lowest BCUT2D eigenvalue weighted by Gasteiger charge is -2.31. The SMILES string of the molecule is COC1CCN(C(=O)c2ccc(C(=O)NCC3(CNC4Cc5ccccc5C4)CC3)cc2)CC1. The fourth-order valence-corrected chi connectivity index (χ4v) is 5.27. The molecule has 2 amide bonds. The molecule has 1 aliphatic heterocycles. The number of likely N-dealkylation sites (tertiary alicyclic amines) is 1. The maximum absolute atomic E-state index is 12.8. The van der Waals surface area contributed by atoms with Gasteiger partial charge in [-0.15, -0.1) is 0 Å². The molecule has 0 unspecified atom stereocenters. The fraction of sp³-hybridized carbons (Fsp3) is 0.500. The summed E-state index contributed by atoms with van der Waals surface area (Å²) in [4.78, 5) is 27.4. The molecule has 6 nitrogen and oxygen atoms in total. The highest BCUT2D eigenvalue weighted by Crippen LogP contribution is 2.44. The molecule has 0 spiro atoms. The summed E-state index contributed by atoms with van der Waals surface area (Å²) >= 11 is 0. The zero-order valence-corrected chi connectivity index (χ0v) is 20.0. The van der Waals surface area contributed by atoms with Gasteiger partial charge in [-0.05, 0) is 73.9 Å². The monoisotopic (exact) mass is 461 g/mol. The smallest absolute Gasteiger partial charge is 0.253 e. The molecule has 6 heteroatoms. The van der Waals surface area contributed by atoms with Crippen LogP contribution in [0.1, 0.15) is 57.5 Å². The predicted molar refractivity (Wildman–Crippen MR) is 132 cm³/mol. The molecule has 2 N–H and O–H groups in total. The van der Waals surface area contributed by atoms with Crippen LogP contribution >= 0.6 is 0 Å². The number of hydrogen-bond donors (Lipinski definition) is 2. The van der Waals surface area contributed by atoms with Crippen LogP contribution in [0, 0.1) is 5.41 Å². The number of carbonyl (C=O) groups is 2. The number of ether oxygens (including phenoxy) is 1. The third kappa shape index (κ3) is 5.18. The van der Waals surface area contributed by atoms with Crippen molar-refractivity contribution in [2.45, 2.75) is 50.7 Å². The molecule has 0 aromatic heterocycles. The van der Waals surface area contributed by atoms with Crippen LogP contribution in [0.15, 0.2) is 48.5 Å². The number of hydrogen-bond acceptors (Lipinski definition) is 4. The van der Waals surface area contributed by atoms with E-state index in [9.17, 15) is 9.59 Å². The van der Waals surface area contributed by atoms with Gasteiger partial charge in [0.15, 0.2) is 0 Å². The highest BCUT2D eigenvalue weighted by molar-refractivity contribution is 5.97. The number of piperidine rings is 1. The van der Waals surface area contributed by atoms with Gasteiger partial charge in [0, 0.05) is 55.9 Å². The summed E-state index contributed by atoms with van der Waals surface area (Å²) in [5.74, 6) is -0.0435. The lowest BCUT2D eigenvalue weighted by atomic mass is 10.0. The van der Waals surface area contributed by atoms with Crippen LogP contribution < -0.4 is 10.6 Å². The summed E-state index contributed by atoms with van der Waals surface area (Å²) in [6.45, 7) is 3.05. The molecule has 5 rings (SSSR count). The van der Waals surface area contributed by atoms with E-state index in [1.807, 2.05) is 4.90 Å². The summed E-state index contributed by atoms with van der Waals surface area (Å²) < 4.78 is 5.39.